The Bertz CT molecular complexity index is 1170. The predicted octanol–water partition coefficient (Wildman–Crippen LogP) is 4.09. The van der Waals surface area contributed by atoms with E-state index in [1.54, 1.807) is 5.38 Å². The van der Waals surface area contributed by atoms with Gasteiger partial charge < -0.3 is 20.1 Å². The predicted molar refractivity (Wildman–Crippen MR) is 120 cm³/mol. The van der Waals surface area contributed by atoms with Crippen LogP contribution in [0, 0.1) is 0 Å². The lowest BCUT2D eigenvalue weighted by Gasteiger charge is -2.17. The monoisotopic (exact) mass is 448 g/mol. The first-order valence-corrected chi connectivity index (χ1v) is 11.2. The normalized spacial score (nSPS) is 17.2. The fraction of sp³-hybridized carbons (Fsp3) is 0.208. The van der Waals surface area contributed by atoms with Crippen molar-refractivity contribution in [3.63, 3.8) is 0 Å². The van der Waals surface area contributed by atoms with E-state index in [0.29, 0.717) is 18.0 Å². The van der Waals surface area contributed by atoms with Gasteiger partial charge in [0.15, 0.2) is 0 Å². The lowest BCUT2D eigenvalue weighted by Crippen LogP contribution is -2.42. The largest absolute Gasteiger partial charge is 0.478 e. The molecule has 1 atom stereocenters. The second-order valence-corrected chi connectivity index (χ2v) is 8.64. The zero-order valence-electron chi connectivity index (χ0n) is 17.0. The molecular formula is C24H20N2O5S. The Balaban J connectivity index is 1.24. The fourth-order valence-corrected chi connectivity index (χ4v) is 5.39. The van der Waals surface area contributed by atoms with Gasteiger partial charge >= 0.3 is 12.1 Å². The van der Waals surface area contributed by atoms with Gasteiger partial charge in [-0.05, 0) is 40.1 Å². The van der Waals surface area contributed by atoms with Crippen LogP contribution in [0.25, 0.3) is 11.1 Å². The van der Waals surface area contributed by atoms with Gasteiger partial charge in [-0.25, -0.2) is 9.59 Å². The molecule has 5 rings (SSSR count). The van der Waals surface area contributed by atoms with E-state index in [0.717, 1.165) is 22.3 Å². The first kappa shape index (κ1) is 20.3. The Labute approximate surface area is 188 Å². The quantitative estimate of drug-likeness (QED) is 0.613. The van der Waals surface area contributed by atoms with Crippen LogP contribution in [0.3, 0.4) is 0 Å². The van der Waals surface area contributed by atoms with Gasteiger partial charge in [0.1, 0.15) is 17.6 Å². The first-order valence-electron chi connectivity index (χ1n) is 10.3. The molecule has 0 spiro atoms. The van der Waals surface area contributed by atoms with Gasteiger partial charge in [-0.2, -0.15) is 0 Å². The van der Waals surface area contributed by atoms with Crippen LogP contribution in [0.15, 0.2) is 60.0 Å². The number of amides is 2. The van der Waals surface area contributed by atoms with Gasteiger partial charge in [-0.3, -0.25) is 4.79 Å². The Kier molecular flexibility index (Phi) is 5.14. The smallest absolute Gasteiger partial charge is 0.407 e. The van der Waals surface area contributed by atoms with Crippen molar-refractivity contribution in [2.45, 2.75) is 18.4 Å². The number of nitrogens with zero attached hydrogens (tertiary/aromatic N) is 1. The second kappa shape index (κ2) is 8.12. The van der Waals surface area contributed by atoms with Gasteiger partial charge in [0.2, 0.25) is 5.91 Å². The summed E-state index contributed by atoms with van der Waals surface area (Å²) in [5.41, 5.74) is 4.60. The molecule has 162 valence electrons. The molecule has 2 amide bonds. The average molecular weight is 449 g/mol. The fourth-order valence-electron chi connectivity index (χ4n) is 4.47. The number of fused-ring (bicyclic) bond motifs is 3. The lowest BCUT2D eigenvalue weighted by molar-refractivity contribution is -0.118. The van der Waals surface area contributed by atoms with Crippen molar-refractivity contribution in [3.05, 3.63) is 76.7 Å². The molecule has 0 saturated carbocycles. The van der Waals surface area contributed by atoms with Crippen LogP contribution in [0.1, 0.15) is 33.8 Å². The Morgan fingerprint density at radius 2 is 1.72 bits per heavy atom. The summed E-state index contributed by atoms with van der Waals surface area (Å²) in [5.74, 6) is -1.47. The summed E-state index contributed by atoms with van der Waals surface area (Å²) in [4.78, 5) is 38.1. The van der Waals surface area contributed by atoms with Crippen molar-refractivity contribution in [2.24, 2.45) is 0 Å². The number of hydrogen-bond donors (Lipinski definition) is 2. The van der Waals surface area contributed by atoms with Gasteiger partial charge in [0, 0.05) is 12.5 Å². The van der Waals surface area contributed by atoms with Crippen LogP contribution in [0.2, 0.25) is 0 Å². The summed E-state index contributed by atoms with van der Waals surface area (Å²) < 4.78 is 5.53. The third-order valence-electron chi connectivity index (χ3n) is 5.96. The maximum Gasteiger partial charge on any atom is 0.407 e. The van der Waals surface area contributed by atoms with Crippen molar-refractivity contribution in [1.29, 1.82) is 0 Å². The van der Waals surface area contributed by atoms with E-state index in [1.807, 2.05) is 36.4 Å². The van der Waals surface area contributed by atoms with Gasteiger partial charge in [-0.15, -0.1) is 11.3 Å². The molecule has 2 aliphatic rings. The maximum absolute atomic E-state index is 12.8. The molecule has 0 bridgehead atoms. The SMILES string of the molecule is O=C(NC1CCN(c2sccc2C(=O)O)C1=O)OCC1c2ccccc2-c2ccccc21. The molecule has 1 aliphatic heterocycles. The van der Waals surface area contributed by atoms with Crippen molar-refractivity contribution >= 4 is 34.3 Å². The number of carboxylic acids is 1. The van der Waals surface area contributed by atoms with E-state index in [9.17, 15) is 19.5 Å². The summed E-state index contributed by atoms with van der Waals surface area (Å²) >= 11 is 1.19. The van der Waals surface area contributed by atoms with E-state index in [4.69, 9.17) is 4.74 Å². The minimum Gasteiger partial charge on any atom is -0.478 e. The molecule has 32 heavy (non-hydrogen) atoms. The topological polar surface area (TPSA) is 95.9 Å². The molecule has 7 nitrogen and oxygen atoms in total. The number of hydrogen-bond acceptors (Lipinski definition) is 5. The number of aromatic carboxylic acids is 1. The second-order valence-electron chi connectivity index (χ2n) is 7.75. The van der Waals surface area contributed by atoms with Crippen molar-refractivity contribution in [2.75, 3.05) is 18.1 Å². The summed E-state index contributed by atoms with van der Waals surface area (Å²) in [5, 5.41) is 14.0. The summed E-state index contributed by atoms with van der Waals surface area (Å²) in [6, 6.07) is 16.9. The number of carbonyl (C=O) groups is 3. The molecule has 1 unspecified atom stereocenters. The number of alkyl carbamates (subject to hydrolysis) is 1. The first-order chi connectivity index (χ1) is 15.5. The van der Waals surface area contributed by atoms with E-state index in [2.05, 4.69) is 17.4 Å². The van der Waals surface area contributed by atoms with Gasteiger partial charge in [-0.1, -0.05) is 48.5 Å². The number of benzene rings is 2. The number of ether oxygens (including phenoxy) is 1. The number of anilines is 1. The van der Waals surface area contributed by atoms with Crippen LogP contribution >= 0.6 is 11.3 Å². The van der Waals surface area contributed by atoms with Gasteiger partial charge in [0.25, 0.3) is 0 Å². The zero-order chi connectivity index (χ0) is 22.2. The molecular weight excluding hydrogens is 428 g/mol. The summed E-state index contributed by atoms with van der Waals surface area (Å²) in [6.07, 6.45) is -0.267. The maximum atomic E-state index is 12.8. The molecule has 3 aromatic rings. The lowest BCUT2D eigenvalue weighted by atomic mass is 9.98. The molecule has 1 aromatic heterocycles. The molecule has 8 heteroatoms. The van der Waals surface area contributed by atoms with Crippen LogP contribution < -0.4 is 10.2 Å². The number of thiophene rings is 1. The average Bonchev–Trinajstić information content (AvgIpc) is 3.49. The number of carbonyl (C=O) groups excluding carboxylic acids is 2. The molecule has 2 N–H and O–H groups in total. The van der Waals surface area contributed by atoms with Crippen molar-refractivity contribution < 1.29 is 24.2 Å². The third kappa shape index (κ3) is 3.42. The number of rotatable bonds is 5. The van der Waals surface area contributed by atoms with Crippen LogP contribution in [0.5, 0.6) is 0 Å². The molecule has 1 aliphatic carbocycles. The van der Waals surface area contributed by atoms with Crippen molar-refractivity contribution in [1.82, 2.24) is 5.32 Å². The minimum atomic E-state index is -1.08. The van der Waals surface area contributed by atoms with Crippen molar-refractivity contribution in [3.8, 4) is 11.1 Å². The highest BCUT2D eigenvalue weighted by Gasteiger charge is 2.37. The highest BCUT2D eigenvalue weighted by atomic mass is 32.1. The third-order valence-corrected chi connectivity index (χ3v) is 6.90. The summed E-state index contributed by atoms with van der Waals surface area (Å²) in [6.45, 7) is 0.506. The van der Waals surface area contributed by atoms with Gasteiger partial charge in [0.05, 0.1) is 5.56 Å². The van der Waals surface area contributed by atoms with E-state index in [-0.39, 0.29) is 24.0 Å². The van der Waals surface area contributed by atoms with Crippen LogP contribution in [-0.2, 0) is 9.53 Å². The Morgan fingerprint density at radius 3 is 2.38 bits per heavy atom. The number of carboxylic acid groups (broad SMARTS) is 1. The van der Waals surface area contributed by atoms with E-state index < -0.39 is 18.1 Å². The molecule has 2 aromatic carbocycles. The molecule has 1 saturated heterocycles. The molecule has 0 radical (unpaired) electrons. The molecule has 1 fully saturated rings. The standard InChI is InChI=1S/C24H20N2O5S/c27-21-20(9-11-26(21)22-18(23(28)29)10-12-32-22)25-24(30)31-13-19-16-7-3-1-5-14(16)15-6-2-4-8-17(15)19/h1-8,10,12,19-20H,9,11,13H2,(H,25,30)(H,28,29). The van der Waals surface area contributed by atoms with Crippen LogP contribution in [0.4, 0.5) is 9.80 Å². The minimum absolute atomic E-state index is 0.0619. The summed E-state index contributed by atoms with van der Waals surface area (Å²) in [7, 11) is 0. The Morgan fingerprint density at radius 1 is 1.06 bits per heavy atom. The Hall–Kier alpha value is -3.65. The number of nitrogens with one attached hydrogen (secondary N) is 1. The van der Waals surface area contributed by atoms with E-state index in [1.165, 1.54) is 22.3 Å². The zero-order valence-corrected chi connectivity index (χ0v) is 17.8. The molecule has 2 heterocycles. The van der Waals surface area contributed by atoms with E-state index >= 15 is 0 Å². The van der Waals surface area contributed by atoms with Crippen LogP contribution in [-0.4, -0.2) is 42.3 Å². The highest BCUT2D eigenvalue weighted by molar-refractivity contribution is 7.14. The highest BCUT2D eigenvalue weighted by Crippen LogP contribution is 2.44.